The summed E-state index contributed by atoms with van der Waals surface area (Å²) in [7, 11) is 4.00. The number of esters is 1. The number of hydrogen-bond donors (Lipinski definition) is 0. The second-order valence-electron chi connectivity index (χ2n) is 3.86. The third kappa shape index (κ3) is 4.31. The van der Waals surface area contributed by atoms with Crippen LogP contribution in [0.4, 0.5) is 5.69 Å². The Hall–Kier alpha value is -1.77. The first-order valence-corrected chi connectivity index (χ1v) is 5.73. The van der Waals surface area contributed by atoms with Crippen molar-refractivity contribution in [3.63, 3.8) is 0 Å². The molecule has 1 aromatic carbocycles. The van der Waals surface area contributed by atoms with Crippen LogP contribution in [0.3, 0.4) is 0 Å². The van der Waals surface area contributed by atoms with E-state index in [1.807, 2.05) is 62.3 Å². The van der Waals surface area contributed by atoms with Gasteiger partial charge in [-0.15, -0.1) is 0 Å². The molecule has 0 heterocycles. The molecule has 0 aromatic heterocycles. The molecule has 0 spiro atoms. The second kappa shape index (κ2) is 6.74. The minimum absolute atomic E-state index is 0.189. The lowest BCUT2D eigenvalue weighted by molar-refractivity contribution is -0.142. The van der Waals surface area contributed by atoms with E-state index in [0.29, 0.717) is 13.0 Å². The molecule has 0 unspecified atom stereocenters. The highest BCUT2D eigenvalue weighted by Crippen LogP contribution is 2.19. The van der Waals surface area contributed by atoms with Gasteiger partial charge in [0.1, 0.15) is 0 Å². The van der Waals surface area contributed by atoms with Gasteiger partial charge in [-0.3, -0.25) is 4.79 Å². The third-order valence-electron chi connectivity index (χ3n) is 2.31. The minimum atomic E-state index is -0.189. The van der Waals surface area contributed by atoms with Crippen LogP contribution in [-0.4, -0.2) is 26.7 Å². The monoisotopic (exact) mass is 233 g/mol. The highest BCUT2D eigenvalue weighted by Gasteiger charge is 2.01. The molecule has 0 aliphatic carbocycles. The van der Waals surface area contributed by atoms with Gasteiger partial charge in [0.25, 0.3) is 0 Å². The lowest BCUT2D eigenvalue weighted by Gasteiger charge is -2.15. The highest BCUT2D eigenvalue weighted by atomic mass is 16.5. The average molecular weight is 233 g/mol. The Morgan fingerprint density at radius 3 is 2.71 bits per heavy atom. The molecule has 0 aliphatic rings. The predicted molar refractivity (Wildman–Crippen MR) is 71.1 cm³/mol. The Morgan fingerprint density at radius 1 is 1.35 bits per heavy atom. The molecule has 0 fully saturated rings. The minimum Gasteiger partial charge on any atom is -0.466 e. The van der Waals surface area contributed by atoms with Crippen LogP contribution in [0.5, 0.6) is 0 Å². The Kier molecular flexibility index (Phi) is 5.27. The Labute approximate surface area is 103 Å². The van der Waals surface area contributed by atoms with Crippen LogP contribution >= 0.6 is 0 Å². The first kappa shape index (κ1) is 13.3. The molecule has 0 N–H and O–H groups in total. The quantitative estimate of drug-likeness (QED) is 0.732. The van der Waals surface area contributed by atoms with Gasteiger partial charge in [0.2, 0.25) is 0 Å². The summed E-state index contributed by atoms with van der Waals surface area (Å²) in [5.41, 5.74) is 2.23. The fourth-order valence-electron chi connectivity index (χ4n) is 1.54. The largest absolute Gasteiger partial charge is 0.466 e. The van der Waals surface area contributed by atoms with Gasteiger partial charge in [0.15, 0.2) is 0 Å². The van der Waals surface area contributed by atoms with Crippen molar-refractivity contribution in [3.05, 3.63) is 35.9 Å². The molecule has 0 saturated carbocycles. The Morgan fingerprint density at radius 2 is 2.06 bits per heavy atom. The maximum Gasteiger partial charge on any atom is 0.309 e. The SMILES string of the molecule is CCOC(=O)CC=Cc1ccccc1N(C)C. The van der Waals surface area contributed by atoms with Crippen molar-refractivity contribution in [2.75, 3.05) is 25.6 Å². The van der Waals surface area contributed by atoms with Gasteiger partial charge in [-0.25, -0.2) is 0 Å². The van der Waals surface area contributed by atoms with Crippen molar-refractivity contribution in [2.24, 2.45) is 0 Å². The number of anilines is 1. The van der Waals surface area contributed by atoms with Gasteiger partial charge in [0.05, 0.1) is 13.0 Å². The van der Waals surface area contributed by atoms with Crippen molar-refractivity contribution in [3.8, 4) is 0 Å². The number of para-hydroxylation sites is 1. The lowest BCUT2D eigenvalue weighted by atomic mass is 10.1. The van der Waals surface area contributed by atoms with Crippen molar-refractivity contribution in [1.82, 2.24) is 0 Å². The van der Waals surface area contributed by atoms with Crippen LogP contribution in [0.1, 0.15) is 18.9 Å². The van der Waals surface area contributed by atoms with Gasteiger partial charge in [0, 0.05) is 19.8 Å². The summed E-state index contributed by atoms with van der Waals surface area (Å²) in [6.45, 7) is 2.24. The smallest absolute Gasteiger partial charge is 0.309 e. The molecular formula is C14H19NO2. The molecule has 1 rings (SSSR count). The first-order chi connectivity index (χ1) is 8.15. The van der Waals surface area contributed by atoms with E-state index in [-0.39, 0.29) is 5.97 Å². The summed E-state index contributed by atoms with van der Waals surface area (Å²) in [5.74, 6) is -0.189. The number of carbonyl (C=O) groups is 1. The van der Waals surface area contributed by atoms with Gasteiger partial charge < -0.3 is 9.64 Å². The van der Waals surface area contributed by atoms with Crippen LogP contribution in [0, 0.1) is 0 Å². The first-order valence-electron chi connectivity index (χ1n) is 5.73. The van der Waals surface area contributed by atoms with E-state index in [2.05, 4.69) is 0 Å². The van der Waals surface area contributed by atoms with Gasteiger partial charge in [-0.1, -0.05) is 30.4 Å². The van der Waals surface area contributed by atoms with E-state index < -0.39 is 0 Å². The zero-order valence-electron chi connectivity index (χ0n) is 10.6. The number of carbonyl (C=O) groups excluding carboxylic acids is 1. The molecule has 92 valence electrons. The molecule has 3 heteroatoms. The van der Waals surface area contributed by atoms with Crippen molar-refractivity contribution in [1.29, 1.82) is 0 Å². The fourth-order valence-corrected chi connectivity index (χ4v) is 1.54. The number of rotatable bonds is 5. The van der Waals surface area contributed by atoms with Crippen LogP contribution in [-0.2, 0) is 9.53 Å². The molecule has 0 atom stereocenters. The molecule has 0 aliphatic heterocycles. The van der Waals surface area contributed by atoms with Crippen molar-refractivity contribution < 1.29 is 9.53 Å². The van der Waals surface area contributed by atoms with Crippen LogP contribution in [0.2, 0.25) is 0 Å². The van der Waals surface area contributed by atoms with E-state index in [9.17, 15) is 4.79 Å². The van der Waals surface area contributed by atoms with Crippen LogP contribution < -0.4 is 4.90 Å². The van der Waals surface area contributed by atoms with E-state index in [0.717, 1.165) is 11.3 Å². The highest BCUT2D eigenvalue weighted by molar-refractivity contribution is 5.74. The molecule has 17 heavy (non-hydrogen) atoms. The van der Waals surface area contributed by atoms with Gasteiger partial charge >= 0.3 is 5.97 Å². The number of nitrogens with zero attached hydrogens (tertiary/aromatic N) is 1. The normalized spacial score (nSPS) is 10.5. The summed E-state index contributed by atoms with van der Waals surface area (Å²) in [6.07, 6.45) is 4.10. The fraction of sp³-hybridized carbons (Fsp3) is 0.357. The van der Waals surface area contributed by atoms with Crippen molar-refractivity contribution in [2.45, 2.75) is 13.3 Å². The van der Waals surface area contributed by atoms with Crippen LogP contribution in [0.15, 0.2) is 30.3 Å². The summed E-state index contributed by atoms with van der Waals surface area (Å²) >= 11 is 0. The van der Waals surface area contributed by atoms with E-state index in [1.54, 1.807) is 0 Å². The van der Waals surface area contributed by atoms with E-state index in [1.165, 1.54) is 0 Å². The Balaban J connectivity index is 2.68. The van der Waals surface area contributed by atoms with Crippen molar-refractivity contribution >= 4 is 17.7 Å². The standard InChI is InChI=1S/C14H19NO2/c1-4-17-14(16)11-7-9-12-8-5-6-10-13(12)15(2)3/h5-10H,4,11H2,1-3H3. The lowest BCUT2D eigenvalue weighted by Crippen LogP contribution is -2.09. The molecule has 0 bridgehead atoms. The maximum absolute atomic E-state index is 11.2. The van der Waals surface area contributed by atoms with E-state index in [4.69, 9.17) is 4.74 Å². The maximum atomic E-state index is 11.2. The second-order valence-corrected chi connectivity index (χ2v) is 3.86. The summed E-state index contributed by atoms with van der Waals surface area (Å²) in [4.78, 5) is 13.2. The Bertz CT molecular complexity index is 397. The summed E-state index contributed by atoms with van der Waals surface area (Å²) < 4.78 is 4.86. The summed E-state index contributed by atoms with van der Waals surface area (Å²) in [5, 5.41) is 0. The van der Waals surface area contributed by atoms with E-state index >= 15 is 0 Å². The van der Waals surface area contributed by atoms with Crippen LogP contribution in [0.25, 0.3) is 6.08 Å². The number of ether oxygens (including phenoxy) is 1. The topological polar surface area (TPSA) is 29.5 Å². The zero-order valence-corrected chi connectivity index (χ0v) is 10.6. The van der Waals surface area contributed by atoms with Gasteiger partial charge in [-0.2, -0.15) is 0 Å². The number of benzene rings is 1. The molecule has 0 amide bonds. The molecular weight excluding hydrogens is 214 g/mol. The average Bonchev–Trinajstić information content (AvgIpc) is 2.30. The molecule has 3 nitrogen and oxygen atoms in total. The third-order valence-corrected chi connectivity index (χ3v) is 2.31. The summed E-state index contributed by atoms with van der Waals surface area (Å²) in [6, 6.07) is 8.05. The molecule has 0 saturated heterocycles. The number of hydrogen-bond acceptors (Lipinski definition) is 3. The molecule has 0 radical (unpaired) electrons. The predicted octanol–water partition coefficient (Wildman–Crippen LogP) is 2.72. The zero-order chi connectivity index (χ0) is 12.7. The van der Waals surface area contributed by atoms with Gasteiger partial charge in [-0.05, 0) is 18.6 Å². The molecule has 1 aromatic rings.